The molecule has 0 atom stereocenters. The quantitative estimate of drug-likeness (QED) is 0.821. The van der Waals surface area contributed by atoms with Crippen molar-refractivity contribution >= 4 is 23.3 Å². The van der Waals surface area contributed by atoms with Crippen molar-refractivity contribution in [1.82, 2.24) is 0 Å². The average Bonchev–Trinajstić information content (AvgIpc) is 2.55. The Kier molecular flexibility index (Phi) is 6.25. The first-order valence-corrected chi connectivity index (χ1v) is 7.99. The van der Waals surface area contributed by atoms with Crippen molar-refractivity contribution in [3.63, 3.8) is 0 Å². The Labute approximate surface area is 131 Å². The molecule has 1 aromatic carbocycles. The highest BCUT2D eigenvalue weighted by Crippen LogP contribution is 2.21. The lowest BCUT2D eigenvalue weighted by Gasteiger charge is -2.28. The lowest BCUT2D eigenvalue weighted by atomic mass is 10.1. The van der Waals surface area contributed by atoms with Crippen molar-refractivity contribution in [1.29, 1.82) is 0 Å². The van der Waals surface area contributed by atoms with Crippen molar-refractivity contribution < 1.29 is 14.3 Å². The summed E-state index contributed by atoms with van der Waals surface area (Å²) in [5.41, 5.74) is 1.91. The molecule has 1 heterocycles. The summed E-state index contributed by atoms with van der Waals surface area (Å²) in [7, 11) is 0. The van der Waals surface area contributed by atoms with Crippen LogP contribution in [0.2, 0.25) is 0 Å². The van der Waals surface area contributed by atoms with E-state index in [0.717, 1.165) is 25.2 Å². The number of rotatable bonds is 6. The van der Waals surface area contributed by atoms with Gasteiger partial charge in [-0.05, 0) is 49.9 Å². The minimum absolute atomic E-state index is 0.229. The van der Waals surface area contributed by atoms with E-state index in [2.05, 4.69) is 10.2 Å². The summed E-state index contributed by atoms with van der Waals surface area (Å²) in [6.07, 6.45) is 4.85. The molecule has 0 radical (unpaired) electrons. The Bertz CT molecular complexity index is 493. The number of piperidine rings is 1. The summed E-state index contributed by atoms with van der Waals surface area (Å²) in [6.45, 7) is 3.86. The fraction of sp³-hybridized carbons (Fsp3) is 0.529. The molecule has 5 nitrogen and oxygen atoms in total. The second-order valence-electron chi connectivity index (χ2n) is 5.55. The molecular weight excluding hydrogens is 280 g/mol. The Morgan fingerprint density at radius 3 is 2.45 bits per heavy atom. The Morgan fingerprint density at radius 1 is 1.14 bits per heavy atom. The first-order valence-electron chi connectivity index (χ1n) is 7.99. The van der Waals surface area contributed by atoms with E-state index in [-0.39, 0.29) is 18.5 Å². The van der Waals surface area contributed by atoms with Gasteiger partial charge in [-0.15, -0.1) is 0 Å². The summed E-state index contributed by atoms with van der Waals surface area (Å²) in [4.78, 5) is 25.3. The highest BCUT2D eigenvalue weighted by molar-refractivity contribution is 5.92. The molecule has 2 rings (SSSR count). The second-order valence-corrected chi connectivity index (χ2v) is 5.55. The number of benzene rings is 1. The van der Waals surface area contributed by atoms with E-state index in [1.165, 1.54) is 24.9 Å². The number of hydrogen-bond acceptors (Lipinski definition) is 4. The third kappa shape index (κ3) is 5.06. The van der Waals surface area contributed by atoms with Gasteiger partial charge in [-0.3, -0.25) is 9.59 Å². The fourth-order valence-electron chi connectivity index (χ4n) is 2.53. The van der Waals surface area contributed by atoms with Crippen molar-refractivity contribution in [2.24, 2.45) is 0 Å². The smallest absolute Gasteiger partial charge is 0.306 e. The first kappa shape index (κ1) is 16.3. The molecule has 1 fully saturated rings. The zero-order valence-electron chi connectivity index (χ0n) is 13.1. The molecule has 1 aliphatic heterocycles. The van der Waals surface area contributed by atoms with Gasteiger partial charge in [-0.25, -0.2) is 0 Å². The number of hydrogen-bond donors (Lipinski definition) is 1. The summed E-state index contributed by atoms with van der Waals surface area (Å²) in [5.74, 6) is -0.645. The van der Waals surface area contributed by atoms with Crippen LogP contribution in [0.1, 0.15) is 39.0 Å². The minimum atomic E-state index is -0.335. The van der Waals surface area contributed by atoms with Crippen LogP contribution in [-0.2, 0) is 14.3 Å². The summed E-state index contributed by atoms with van der Waals surface area (Å²) < 4.78 is 4.88. The number of nitrogens with one attached hydrogen (secondary N) is 1. The molecule has 0 saturated carbocycles. The molecule has 0 unspecified atom stereocenters. The van der Waals surface area contributed by atoms with Crippen LogP contribution < -0.4 is 10.2 Å². The monoisotopic (exact) mass is 304 g/mol. The summed E-state index contributed by atoms with van der Waals surface area (Å²) >= 11 is 0. The van der Waals surface area contributed by atoms with Crippen LogP contribution in [0.15, 0.2) is 24.3 Å². The van der Waals surface area contributed by atoms with Crippen LogP contribution in [-0.4, -0.2) is 31.6 Å². The molecule has 1 saturated heterocycles. The predicted molar refractivity (Wildman–Crippen MR) is 87.0 cm³/mol. The molecule has 5 heteroatoms. The number of nitrogens with zero attached hydrogens (tertiary/aromatic N) is 1. The molecule has 1 N–H and O–H groups in total. The standard InChI is InChI=1S/C17H24N2O3/c1-2-6-17(21)22-13-16(20)18-14-7-9-15(10-8-14)19-11-4-3-5-12-19/h7-10H,2-6,11-13H2,1H3,(H,18,20). The van der Waals surface area contributed by atoms with Gasteiger partial charge in [0.25, 0.3) is 5.91 Å². The van der Waals surface area contributed by atoms with Crippen molar-refractivity contribution in [2.75, 3.05) is 29.9 Å². The number of anilines is 2. The molecule has 1 aromatic rings. The highest BCUT2D eigenvalue weighted by Gasteiger charge is 2.11. The van der Waals surface area contributed by atoms with E-state index >= 15 is 0 Å². The van der Waals surface area contributed by atoms with Crippen molar-refractivity contribution in [3.8, 4) is 0 Å². The van der Waals surface area contributed by atoms with Gasteiger partial charge in [0.2, 0.25) is 0 Å². The topological polar surface area (TPSA) is 58.6 Å². The molecule has 0 spiro atoms. The van der Waals surface area contributed by atoms with E-state index < -0.39 is 0 Å². The van der Waals surface area contributed by atoms with Crippen LogP contribution in [0, 0.1) is 0 Å². The molecule has 22 heavy (non-hydrogen) atoms. The van der Waals surface area contributed by atoms with Gasteiger partial charge in [0, 0.05) is 30.9 Å². The first-order chi connectivity index (χ1) is 10.7. The van der Waals surface area contributed by atoms with Gasteiger partial charge < -0.3 is 15.0 Å². The van der Waals surface area contributed by atoms with Crippen molar-refractivity contribution in [2.45, 2.75) is 39.0 Å². The molecule has 1 aliphatic rings. The normalized spacial score (nSPS) is 14.5. The number of amides is 1. The summed E-state index contributed by atoms with van der Waals surface area (Å²) in [6, 6.07) is 7.81. The van der Waals surface area contributed by atoms with E-state index in [9.17, 15) is 9.59 Å². The fourth-order valence-corrected chi connectivity index (χ4v) is 2.53. The van der Waals surface area contributed by atoms with Gasteiger partial charge >= 0.3 is 5.97 Å². The maximum absolute atomic E-state index is 11.7. The predicted octanol–water partition coefficient (Wildman–Crippen LogP) is 2.96. The zero-order chi connectivity index (χ0) is 15.8. The van der Waals surface area contributed by atoms with Crippen LogP contribution in [0.3, 0.4) is 0 Å². The van der Waals surface area contributed by atoms with E-state index in [1.807, 2.05) is 31.2 Å². The van der Waals surface area contributed by atoms with E-state index in [1.54, 1.807) is 0 Å². The molecule has 0 aliphatic carbocycles. The maximum atomic E-state index is 11.7. The van der Waals surface area contributed by atoms with Crippen LogP contribution in [0.5, 0.6) is 0 Å². The van der Waals surface area contributed by atoms with Gasteiger partial charge in [-0.2, -0.15) is 0 Å². The minimum Gasteiger partial charge on any atom is -0.456 e. The van der Waals surface area contributed by atoms with Gasteiger partial charge in [0.1, 0.15) is 0 Å². The van der Waals surface area contributed by atoms with Crippen LogP contribution >= 0.6 is 0 Å². The van der Waals surface area contributed by atoms with Gasteiger partial charge in [-0.1, -0.05) is 6.92 Å². The third-order valence-corrected chi connectivity index (χ3v) is 3.69. The van der Waals surface area contributed by atoms with E-state index in [0.29, 0.717) is 6.42 Å². The van der Waals surface area contributed by atoms with Crippen molar-refractivity contribution in [3.05, 3.63) is 24.3 Å². The lowest BCUT2D eigenvalue weighted by molar-refractivity contribution is -0.147. The SMILES string of the molecule is CCCC(=O)OCC(=O)Nc1ccc(N2CCCCC2)cc1. The third-order valence-electron chi connectivity index (χ3n) is 3.69. The Hall–Kier alpha value is -2.04. The molecule has 0 bridgehead atoms. The molecule has 120 valence electrons. The largest absolute Gasteiger partial charge is 0.456 e. The van der Waals surface area contributed by atoms with Gasteiger partial charge in [0.05, 0.1) is 0 Å². The van der Waals surface area contributed by atoms with Crippen LogP contribution in [0.4, 0.5) is 11.4 Å². The Morgan fingerprint density at radius 2 is 1.82 bits per heavy atom. The Balaban J connectivity index is 1.80. The number of ether oxygens (including phenoxy) is 1. The second kappa shape index (κ2) is 8.41. The maximum Gasteiger partial charge on any atom is 0.306 e. The number of carbonyl (C=O) groups is 2. The molecule has 1 amide bonds. The summed E-state index contributed by atoms with van der Waals surface area (Å²) in [5, 5.41) is 2.73. The molecule has 0 aromatic heterocycles. The van der Waals surface area contributed by atoms with Gasteiger partial charge in [0.15, 0.2) is 6.61 Å². The molecular formula is C17H24N2O3. The number of esters is 1. The van der Waals surface area contributed by atoms with E-state index in [4.69, 9.17) is 4.74 Å². The average molecular weight is 304 g/mol. The lowest BCUT2D eigenvalue weighted by Crippen LogP contribution is -2.29. The van der Waals surface area contributed by atoms with Crippen LogP contribution in [0.25, 0.3) is 0 Å². The number of carbonyl (C=O) groups excluding carboxylic acids is 2. The zero-order valence-corrected chi connectivity index (χ0v) is 13.1. The highest BCUT2D eigenvalue weighted by atomic mass is 16.5.